The molecule has 0 radical (unpaired) electrons. The summed E-state index contributed by atoms with van der Waals surface area (Å²) in [5.41, 5.74) is 1.66. The topological polar surface area (TPSA) is 23.8 Å². The second kappa shape index (κ2) is 3.11. The lowest BCUT2D eigenvalue weighted by molar-refractivity contribution is -0.0165. The van der Waals surface area contributed by atoms with E-state index >= 15 is 0 Å². The maximum absolute atomic E-state index is 9.35. The Morgan fingerprint density at radius 2 is 2.27 bits per heavy atom. The molecule has 0 aromatic rings. The number of nitriles is 1. The molecule has 3 aliphatic carbocycles. The van der Waals surface area contributed by atoms with Gasteiger partial charge in [-0.2, -0.15) is 5.26 Å². The predicted molar refractivity (Wildman–Crippen MR) is 62.1 cm³/mol. The molecule has 0 aliphatic heterocycles. The quantitative estimate of drug-likeness (QED) is 0.624. The highest BCUT2D eigenvalue weighted by Gasteiger charge is 2.54. The molecular formula is C14H21N. The van der Waals surface area contributed by atoms with Crippen LogP contribution < -0.4 is 0 Å². The molecule has 15 heavy (non-hydrogen) atoms. The van der Waals surface area contributed by atoms with Crippen LogP contribution in [0.4, 0.5) is 0 Å². The molecule has 1 fully saturated rings. The van der Waals surface area contributed by atoms with E-state index in [9.17, 15) is 5.26 Å². The van der Waals surface area contributed by atoms with Crippen LogP contribution in [0.5, 0.6) is 0 Å². The minimum absolute atomic E-state index is 0.215. The third-order valence-electron chi connectivity index (χ3n) is 5.06. The molecule has 0 amide bonds. The minimum atomic E-state index is -0.215. The number of rotatable bonds is 2. The van der Waals surface area contributed by atoms with Gasteiger partial charge in [-0.15, -0.1) is 0 Å². The molecule has 0 spiro atoms. The molecule has 1 saturated carbocycles. The Morgan fingerprint density at radius 3 is 2.67 bits per heavy atom. The molecule has 0 aromatic heterocycles. The molecule has 0 aromatic carbocycles. The van der Waals surface area contributed by atoms with Gasteiger partial charge in [0.25, 0.3) is 0 Å². The Labute approximate surface area is 93.2 Å². The first-order valence-electron chi connectivity index (χ1n) is 6.07. The zero-order chi connectivity index (χ0) is 11.3. The van der Waals surface area contributed by atoms with Gasteiger partial charge in [-0.1, -0.05) is 32.4 Å². The van der Waals surface area contributed by atoms with Crippen LogP contribution in [0, 0.1) is 34.0 Å². The average molecular weight is 203 g/mol. The summed E-state index contributed by atoms with van der Waals surface area (Å²) in [7, 11) is 0. The lowest BCUT2D eigenvalue weighted by atomic mass is 9.46. The lowest BCUT2D eigenvalue weighted by Crippen LogP contribution is -2.50. The van der Waals surface area contributed by atoms with Gasteiger partial charge in [-0.25, -0.2) is 0 Å². The van der Waals surface area contributed by atoms with Gasteiger partial charge in [0.1, 0.15) is 0 Å². The first kappa shape index (κ1) is 10.7. The number of allylic oxidation sites excluding steroid dienone is 2. The van der Waals surface area contributed by atoms with Crippen LogP contribution in [0.25, 0.3) is 0 Å². The van der Waals surface area contributed by atoms with Gasteiger partial charge in [0.15, 0.2) is 0 Å². The Balaban J connectivity index is 2.33. The van der Waals surface area contributed by atoms with Crippen molar-refractivity contribution in [2.24, 2.45) is 22.7 Å². The van der Waals surface area contributed by atoms with E-state index in [1.54, 1.807) is 0 Å². The molecule has 0 N–H and O–H groups in total. The summed E-state index contributed by atoms with van der Waals surface area (Å²) >= 11 is 0. The summed E-state index contributed by atoms with van der Waals surface area (Å²) in [6, 6.07) is 2.52. The summed E-state index contributed by atoms with van der Waals surface area (Å²) < 4.78 is 0. The zero-order valence-electron chi connectivity index (χ0n) is 10.3. The van der Waals surface area contributed by atoms with Crippen molar-refractivity contribution in [2.45, 2.75) is 47.0 Å². The van der Waals surface area contributed by atoms with Crippen molar-refractivity contribution in [1.82, 2.24) is 0 Å². The monoisotopic (exact) mass is 203 g/mol. The van der Waals surface area contributed by atoms with Crippen LogP contribution >= 0.6 is 0 Å². The van der Waals surface area contributed by atoms with E-state index in [2.05, 4.69) is 39.8 Å². The van der Waals surface area contributed by atoms with E-state index in [1.807, 2.05) is 0 Å². The maximum atomic E-state index is 9.35. The number of nitrogens with zero attached hydrogens (tertiary/aromatic N) is 1. The van der Waals surface area contributed by atoms with Crippen LogP contribution in [-0.2, 0) is 0 Å². The van der Waals surface area contributed by atoms with Crippen LogP contribution in [0.15, 0.2) is 11.6 Å². The fourth-order valence-electron chi connectivity index (χ4n) is 3.31. The molecule has 82 valence electrons. The van der Waals surface area contributed by atoms with E-state index < -0.39 is 0 Å². The fourth-order valence-corrected chi connectivity index (χ4v) is 3.31. The van der Waals surface area contributed by atoms with Gasteiger partial charge in [-0.3, -0.25) is 0 Å². The van der Waals surface area contributed by atoms with Gasteiger partial charge in [0.2, 0.25) is 0 Å². The highest BCUT2D eigenvalue weighted by Crippen LogP contribution is 2.62. The molecule has 1 unspecified atom stereocenters. The van der Waals surface area contributed by atoms with Crippen molar-refractivity contribution in [1.29, 1.82) is 5.26 Å². The summed E-state index contributed by atoms with van der Waals surface area (Å²) in [4.78, 5) is 0. The van der Waals surface area contributed by atoms with E-state index in [1.165, 1.54) is 18.4 Å². The van der Waals surface area contributed by atoms with Gasteiger partial charge >= 0.3 is 0 Å². The largest absolute Gasteiger partial charge is 0.197 e. The highest BCUT2D eigenvalue weighted by molar-refractivity contribution is 5.32. The van der Waals surface area contributed by atoms with Gasteiger partial charge in [0, 0.05) is 0 Å². The van der Waals surface area contributed by atoms with Crippen molar-refractivity contribution in [3.63, 3.8) is 0 Å². The van der Waals surface area contributed by atoms with Crippen LogP contribution in [-0.4, -0.2) is 0 Å². The van der Waals surface area contributed by atoms with Crippen LogP contribution in [0.1, 0.15) is 47.0 Å². The molecule has 3 rings (SSSR count). The standard InChI is InChI=1S/C14H21N/c1-5-14(4,9-15)11-7-6-10-8-12(11)13(10,2)3/h7,10,12H,5-6,8H2,1-4H3/t10-,12-,14?/m0/s1. The number of hydrogen-bond donors (Lipinski definition) is 0. The average Bonchev–Trinajstić information content (AvgIpc) is 2.27. The second-order valence-corrected chi connectivity index (χ2v) is 6.00. The molecule has 0 saturated heterocycles. The Kier molecular flexibility index (Phi) is 2.23. The highest BCUT2D eigenvalue weighted by atomic mass is 14.6. The van der Waals surface area contributed by atoms with Crippen LogP contribution in [0.3, 0.4) is 0 Å². The molecule has 0 heterocycles. The first-order chi connectivity index (χ1) is 6.95. The predicted octanol–water partition coefficient (Wildman–Crippen LogP) is 3.92. The van der Waals surface area contributed by atoms with E-state index in [0.29, 0.717) is 11.3 Å². The molecule has 1 nitrogen and oxygen atoms in total. The van der Waals surface area contributed by atoms with Crippen molar-refractivity contribution in [3.8, 4) is 6.07 Å². The number of fused-ring (bicyclic) bond motifs is 1. The number of hydrogen-bond acceptors (Lipinski definition) is 1. The Hall–Kier alpha value is -0.770. The van der Waals surface area contributed by atoms with E-state index in [4.69, 9.17) is 0 Å². The molecular weight excluding hydrogens is 182 g/mol. The summed E-state index contributed by atoms with van der Waals surface area (Å²) in [5.74, 6) is 1.53. The first-order valence-corrected chi connectivity index (χ1v) is 6.07. The Morgan fingerprint density at radius 1 is 1.60 bits per heavy atom. The van der Waals surface area contributed by atoms with E-state index in [-0.39, 0.29) is 5.41 Å². The van der Waals surface area contributed by atoms with Crippen molar-refractivity contribution in [3.05, 3.63) is 11.6 Å². The minimum Gasteiger partial charge on any atom is -0.197 e. The third-order valence-corrected chi connectivity index (χ3v) is 5.06. The molecule has 3 atom stereocenters. The molecule has 3 aliphatic rings. The van der Waals surface area contributed by atoms with Gasteiger partial charge in [-0.05, 0) is 43.4 Å². The maximum Gasteiger partial charge on any atom is 0.0754 e. The molecule has 2 bridgehead atoms. The smallest absolute Gasteiger partial charge is 0.0754 e. The van der Waals surface area contributed by atoms with Crippen LogP contribution in [0.2, 0.25) is 0 Å². The lowest BCUT2D eigenvalue weighted by Gasteiger charge is -2.58. The van der Waals surface area contributed by atoms with Crippen molar-refractivity contribution >= 4 is 0 Å². The van der Waals surface area contributed by atoms with Crippen molar-refractivity contribution in [2.75, 3.05) is 0 Å². The normalized spacial score (nSPS) is 35.8. The SMILES string of the molecule is CCC(C)(C#N)C1=CC[C@H]2C[C@@H]1C2(C)C. The van der Waals surface area contributed by atoms with Gasteiger partial charge < -0.3 is 0 Å². The zero-order valence-corrected chi connectivity index (χ0v) is 10.3. The third kappa shape index (κ3) is 1.27. The van der Waals surface area contributed by atoms with Gasteiger partial charge in [0.05, 0.1) is 11.5 Å². The summed E-state index contributed by atoms with van der Waals surface area (Å²) in [6.07, 6.45) is 5.80. The summed E-state index contributed by atoms with van der Waals surface area (Å²) in [6.45, 7) is 8.97. The summed E-state index contributed by atoms with van der Waals surface area (Å²) in [5, 5.41) is 9.35. The van der Waals surface area contributed by atoms with E-state index in [0.717, 1.165) is 12.3 Å². The molecule has 1 heteroatoms. The van der Waals surface area contributed by atoms with Crippen molar-refractivity contribution < 1.29 is 0 Å². The second-order valence-electron chi connectivity index (χ2n) is 6.00. The fraction of sp³-hybridized carbons (Fsp3) is 0.786. The Bertz CT molecular complexity index is 345.